The summed E-state index contributed by atoms with van der Waals surface area (Å²) in [5.74, 6) is 2.38. The number of nitrogens with zero attached hydrogens (tertiary/aromatic N) is 5. The molecular weight excluding hydrogens is 292 g/mol. The fourth-order valence-electron chi connectivity index (χ4n) is 2.44. The Labute approximate surface area is 132 Å². The van der Waals surface area contributed by atoms with Crippen LogP contribution < -0.4 is 5.32 Å². The molecule has 0 spiro atoms. The van der Waals surface area contributed by atoms with Crippen LogP contribution in [0.25, 0.3) is 16.7 Å². The molecule has 0 saturated carbocycles. The molecule has 1 N–H and O–H groups in total. The van der Waals surface area contributed by atoms with E-state index in [4.69, 9.17) is 4.42 Å². The molecule has 0 radical (unpaired) electrons. The van der Waals surface area contributed by atoms with Crippen LogP contribution in [0, 0.1) is 6.92 Å². The summed E-state index contributed by atoms with van der Waals surface area (Å²) < 4.78 is 7.51. The molecule has 0 aliphatic rings. The monoisotopic (exact) mass is 308 g/mol. The number of fused-ring (bicyclic) bond motifs is 2. The van der Waals surface area contributed by atoms with E-state index in [9.17, 15) is 0 Å². The molecule has 0 saturated heterocycles. The van der Waals surface area contributed by atoms with Crippen molar-refractivity contribution in [3.63, 3.8) is 0 Å². The number of aryl methyl sites for hydroxylation is 1. The number of hydrogen-bond acceptors (Lipinski definition) is 6. The Bertz CT molecular complexity index is 940. The first-order chi connectivity index (χ1) is 11.2. The lowest BCUT2D eigenvalue weighted by atomic mass is 10.2. The number of aromatic nitrogens is 5. The van der Waals surface area contributed by atoms with Crippen LogP contribution in [0.2, 0.25) is 0 Å². The quantitative estimate of drug-likeness (QED) is 0.624. The molecule has 0 aliphatic carbocycles. The number of benzene rings is 1. The van der Waals surface area contributed by atoms with E-state index >= 15 is 0 Å². The second-order valence-electron chi connectivity index (χ2n) is 5.54. The maximum Gasteiger partial charge on any atom is 0.200 e. The second-order valence-corrected chi connectivity index (χ2v) is 5.54. The molecule has 3 aromatic heterocycles. The van der Waals surface area contributed by atoms with E-state index in [-0.39, 0.29) is 5.92 Å². The minimum Gasteiger partial charge on any atom is -0.440 e. The normalized spacial score (nSPS) is 12.8. The van der Waals surface area contributed by atoms with E-state index in [1.165, 1.54) is 0 Å². The van der Waals surface area contributed by atoms with Crippen LogP contribution in [-0.2, 0) is 0 Å². The van der Waals surface area contributed by atoms with Crippen molar-refractivity contribution in [1.82, 2.24) is 24.8 Å². The molecule has 1 aromatic carbocycles. The molecule has 23 heavy (non-hydrogen) atoms. The smallest absolute Gasteiger partial charge is 0.200 e. The van der Waals surface area contributed by atoms with Gasteiger partial charge >= 0.3 is 0 Å². The van der Waals surface area contributed by atoms with Crippen molar-refractivity contribution in [1.29, 1.82) is 0 Å². The van der Waals surface area contributed by atoms with Crippen LogP contribution in [0.3, 0.4) is 0 Å². The molecule has 1 atom stereocenters. The highest BCUT2D eigenvalue weighted by Gasteiger charge is 2.13. The largest absolute Gasteiger partial charge is 0.440 e. The number of hydrogen-bond donors (Lipinski definition) is 1. The summed E-state index contributed by atoms with van der Waals surface area (Å²) in [6, 6.07) is 11.6. The van der Waals surface area contributed by atoms with Crippen LogP contribution in [0.4, 0.5) is 5.82 Å². The molecular formula is C16H16N6O. The first-order valence-corrected chi connectivity index (χ1v) is 7.49. The van der Waals surface area contributed by atoms with E-state index in [1.54, 1.807) is 4.52 Å². The standard InChI is InChI=1S/C16H16N6O/c1-10(16-18-12-5-3-4-6-13(12)23-16)9-17-14-7-8-15-20-19-11(2)22(15)21-14/h3-8,10H,9H2,1-2H3,(H,17,21)/t10-/m1/s1. The van der Waals surface area contributed by atoms with Crippen LogP contribution >= 0.6 is 0 Å². The molecule has 116 valence electrons. The second kappa shape index (κ2) is 5.35. The molecule has 4 rings (SSSR count). The SMILES string of the molecule is Cc1nnc2ccc(NC[C@@H](C)c3nc4ccccc4o3)nn12. The molecule has 0 amide bonds. The van der Waals surface area contributed by atoms with E-state index in [0.717, 1.165) is 34.3 Å². The summed E-state index contributed by atoms with van der Waals surface area (Å²) in [7, 11) is 0. The van der Waals surface area contributed by atoms with Crippen LogP contribution in [0.5, 0.6) is 0 Å². The Morgan fingerprint density at radius 1 is 1.17 bits per heavy atom. The molecule has 0 unspecified atom stereocenters. The Kier molecular flexibility index (Phi) is 3.18. The fraction of sp³-hybridized carbons (Fsp3) is 0.250. The van der Waals surface area contributed by atoms with Gasteiger partial charge in [0.2, 0.25) is 0 Å². The molecule has 3 heterocycles. The Balaban J connectivity index is 1.51. The third-order valence-electron chi connectivity index (χ3n) is 3.74. The maximum atomic E-state index is 5.80. The summed E-state index contributed by atoms with van der Waals surface area (Å²) in [4.78, 5) is 4.53. The zero-order chi connectivity index (χ0) is 15.8. The number of anilines is 1. The van der Waals surface area contributed by atoms with Crippen molar-refractivity contribution >= 4 is 22.6 Å². The molecule has 0 bridgehead atoms. The third-order valence-corrected chi connectivity index (χ3v) is 3.74. The van der Waals surface area contributed by atoms with Gasteiger partial charge in [-0.2, -0.15) is 4.52 Å². The van der Waals surface area contributed by atoms with Crippen LogP contribution in [0.15, 0.2) is 40.8 Å². The van der Waals surface area contributed by atoms with Gasteiger partial charge in [0, 0.05) is 6.54 Å². The molecule has 7 nitrogen and oxygen atoms in total. The predicted octanol–water partition coefficient (Wildman–Crippen LogP) is 2.79. The first kappa shape index (κ1) is 13.7. The topological polar surface area (TPSA) is 81.1 Å². The van der Waals surface area contributed by atoms with Gasteiger partial charge in [-0.25, -0.2) is 4.98 Å². The van der Waals surface area contributed by atoms with Crippen LogP contribution in [-0.4, -0.2) is 31.3 Å². The van der Waals surface area contributed by atoms with Gasteiger partial charge in [-0.1, -0.05) is 19.1 Å². The number of nitrogens with one attached hydrogen (secondary N) is 1. The lowest BCUT2D eigenvalue weighted by Gasteiger charge is -2.09. The number of oxazole rings is 1. The van der Waals surface area contributed by atoms with Crippen molar-refractivity contribution in [3.05, 3.63) is 48.1 Å². The van der Waals surface area contributed by atoms with Crippen LogP contribution in [0.1, 0.15) is 24.6 Å². The van der Waals surface area contributed by atoms with Crippen molar-refractivity contribution in [2.75, 3.05) is 11.9 Å². The van der Waals surface area contributed by atoms with Gasteiger partial charge in [-0.05, 0) is 31.2 Å². The molecule has 4 aromatic rings. The first-order valence-electron chi connectivity index (χ1n) is 7.49. The molecule has 0 fully saturated rings. The summed E-state index contributed by atoms with van der Waals surface area (Å²) in [5, 5.41) is 15.8. The Hall–Kier alpha value is -2.96. The van der Waals surface area contributed by atoms with E-state index in [2.05, 4.69) is 32.5 Å². The number of rotatable bonds is 4. The van der Waals surface area contributed by atoms with Crippen molar-refractivity contribution in [2.24, 2.45) is 0 Å². The summed E-state index contributed by atoms with van der Waals surface area (Å²) in [6.45, 7) is 4.62. The maximum absolute atomic E-state index is 5.80. The zero-order valence-electron chi connectivity index (χ0n) is 12.9. The van der Waals surface area contributed by atoms with Gasteiger partial charge in [0.1, 0.15) is 11.3 Å². The minimum atomic E-state index is 0.127. The number of para-hydroxylation sites is 2. The summed E-state index contributed by atoms with van der Waals surface area (Å²) in [5.41, 5.74) is 2.43. The van der Waals surface area contributed by atoms with E-state index in [0.29, 0.717) is 6.54 Å². The fourth-order valence-corrected chi connectivity index (χ4v) is 2.44. The van der Waals surface area contributed by atoms with Gasteiger partial charge in [-0.3, -0.25) is 0 Å². The lowest BCUT2D eigenvalue weighted by Crippen LogP contribution is -2.12. The zero-order valence-corrected chi connectivity index (χ0v) is 12.9. The van der Waals surface area contributed by atoms with Gasteiger partial charge in [0.25, 0.3) is 0 Å². The predicted molar refractivity (Wildman–Crippen MR) is 86.4 cm³/mol. The highest BCUT2D eigenvalue weighted by molar-refractivity contribution is 5.72. The molecule has 0 aliphatic heterocycles. The van der Waals surface area contributed by atoms with E-state index in [1.807, 2.05) is 43.3 Å². The minimum absolute atomic E-state index is 0.127. The van der Waals surface area contributed by atoms with Crippen molar-refractivity contribution in [3.8, 4) is 0 Å². The highest BCUT2D eigenvalue weighted by atomic mass is 16.3. The van der Waals surface area contributed by atoms with Gasteiger partial charge < -0.3 is 9.73 Å². The van der Waals surface area contributed by atoms with Gasteiger partial charge in [-0.15, -0.1) is 15.3 Å². The average Bonchev–Trinajstić information content (AvgIpc) is 3.16. The van der Waals surface area contributed by atoms with Gasteiger partial charge in [0.05, 0.1) is 5.92 Å². The summed E-state index contributed by atoms with van der Waals surface area (Å²) in [6.07, 6.45) is 0. The van der Waals surface area contributed by atoms with Gasteiger partial charge in [0.15, 0.2) is 22.9 Å². The Morgan fingerprint density at radius 2 is 2.04 bits per heavy atom. The van der Waals surface area contributed by atoms with E-state index < -0.39 is 0 Å². The average molecular weight is 308 g/mol. The summed E-state index contributed by atoms with van der Waals surface area (Å²) >= 11 is 0. The third kappa shape index (κ3) is 2.50. The van der Waals surface area contributed by atoms with Crippen molar-refractivity contribution in [2.45, 2.75) is 19.8 Å². The Morgan fingerprint density at radius 3 is 2.91 bits per heavy atom. The molecule has 7 heteroatoms. The van der Waals surface area contributed by atoms with Crippen molar-refractivity contribution < 1.29 is 4.42 Å². The highest BCUT2D eigenvalue weighted by Crippen LogP contribution is 2.21. The lowest BCUT2D eigenvalue weighted by molar-refractivity contribution is 0.494.